The summed E-state index contributed by atoms with van der Waals surface area (Å²) in [5.74, 6) is 0.564. The number of amides is 2. The van der Waals surface area contributed by atoms with Gasteiger partial charge in [-0.15, -0.1) is 0 Å². The summed E-state index contributed by atoms with van der Waals surface area (Å²) in [6.07, 6.45) is 4.00. The van der Waals surface area contributed by atoms with Crippen molar-refractivity contribution in [2.45, 2.75) is 26.2 Å². The SMILES string of the molecule is CCOc1ncccc1C(=O)N1CCCN(C(=O)C2CCOCC2)CC1. The molecule has 1 aromatic rings. The van der Waals surface area contributed by atoms with Gasteiger partial charge in [0.25, 0.3) is 5.91 Å². The molecule has 7 heteroatoms. The van der Waals surface area contributed by atoms with E-state index < -0.39 is 0 Å². The van der Waals surface area contributed by atoms with Crippen molar-refractivity contribution in [1.82, 2.24) is 14.8 Å². The number of carbonyl (C=O) groups excluding carboxylic acids is 2. The first-order valence-electron chi connectivity index (χ1n) is 9.44. The molecule has 0 unspecified atom stereocenters. The van der Waals surface area contributed by atoms with Crippen LogP contribution in [0.3, 0.4) is 0 Å². The Morgan fingerprint density at radius 1 is 1.19 bits per heavy atom. The van der Waals surface area contributed by atoms with Gasteiger partial charge >= 0.3 is 0 Å². The minimum absolute atomic E-state index is 0.0638. The monoisotopic (exact) mass is 361 g/mol. The minimum atomic E-state index is -0.0816. The van der Waals surface area contributed by atoms with E-state index in [1.807, 2.05) is 11.8 Å². The van der Waals surface area contributed by atoms with Gasteiger partial charge in [-0.05, 0) is 38.3 Å². The number of nitrogens with zero attached hydrogens (tertiary/aromatic N) is 3. The van der Waals surface area contributed by atoms with Gasteiger partial charge in [0.05, 0.1) is 6.61 Å². The van der Waals surface area contributed by atoms with Crippen molar-refractivity contribution in [2.75, 3.05) is 46.0 Å². The van der Waals surface area contributed by atoms with E-state index in [1.165, 1.54) is 0 Å². The maximum atomic E-state index is 12.9. The van der Waals surface area contributed by atoms with E-state index in [9.17, 15) is 9.59 Å². The molecule has 7 nitrogen and oxygen atoms in total. The summed E-state index contributed by atoms with van der Waals surface area (Å²) in [5.41, 5.74) is 0.485. The van der Waals surface area contributed by atoms with Gasteiger partial charge in [-0.1, -0.05) is 0 Å². The third-order valence-electron chi connectivity index (χ3n) is 4.95. The zero-order chi connectivity index (χ0) is 18.4. The Morgan fingerprint density at radius 2 is 1.92 bits per heavy atom. The van der Waals surface area contributed by atoms with Crippen LogP contribution in [-0.4, -0.2) is 72.6 Å². The lowest BCUT2D eigenvalue weighted by atomic mass is 9.98. The Bertz CT molecular complexity index is 631. The van der Waals surface area contributed by atoms with Crippen molar-refractivity contribution in [3.8, 4) is 5.88 Å². The fourth-order valence-electron chi connectivity index (χ4n) is 3.52. The Hall–Kier alpha value is -2.15. The average molecular weight is 361 g/mol. The highest BCUT2D eigenvalue weighted by Crippen LogP contribution is 2.21. The van der Waals surface area contributed by atoms with Crippen molar-refractivity contribution in [1.29, 1.82) is 0 Å². The molecular formula is C19H27N3O4. The van der Waals surface area contributed by atoms with E-state index in [1.54, 1.807) is 23.2 Å². The van der Waals surface area contributed by atoms with Gasteiger partial charge in [-0.3, -0.25) is 9.59 Å². The van der Waals surface area contributed by atoms with Crippen molar-refractivity contribution in [3.63, 3.8) is 0 Å². The highest BCUT2D eigenvalue weighted by atomic mass is 16.5. The van der Waals surface area contributed by atoms with Crippen LogP contribution in [-0.2, 0) is 9.53 Å². The van der Waals surface area contributed by atoms with E-state index in [0.29, 0.717) is 57.4 Å². The molecule has 2 saturated heterocycles. The van der Waals surface area contributed by atoms with Gasteiger partial charge in [-0.2, -0.15) is 0 Å². The van der Waals surface area contributed by atoms with Crippen LogP contribution in [0, 0.1) is 5.92 Å². The van der Waals surface area contributed by atoms with Gasteiger partial charge in [0, 0.05) is 51.5 Å². The molecule has 2 aliphatic rings. The molecule has 0 radical (unpaired) electrons. The Kier molecular flexibility index (Phi) is 6.44. The number of aromatic nitrogens is 1. The normalized spacial score (nSPS) is 19.1. The zero-order valence-corrected chi connectivity index (χ0v) is 15.4. The molecule has 2 fully saturated rings. The summed E-state index contributed by atoms with van der Waals surface area (Å²) in [4.78, 5) is 33.5. The summed E-state index contributed by atoms with van der Waals surface area (Å²) in [6.45, 7) is 6.11. The van der Waals surface area contributed by atoms with Crippen molar-refractivity contribution in [2.24, 2.45) is 5.92 Å². The predicted molar refractivity (Wildman–Crippen MR) is 96.0 cm³/mol. The molecule has 26 heavy (non-hydrogen) atoms. The molecular weight excluding hydrogens is 334 g/mol. The summed E-state index contributed by atoms with van der Waals surface area (Å²) in [7, 11) is 0. The fraction of sp³-hybridized carbons (Fsp3) is 0.632. The van der Waals surface area contributed by atoms with Gasteiger partial charge in [0.2, 0.25) is 11.8 Å². The lowest BCUT2D eigenvalue weighted by molar-refractivity contribution is -0.138. The molecule has 1 aromatic heterocycles. The molecule has 2 aliphatic heterocycles. The molecule has 0 bridgehead atoms. The van der Waals surface area contributed by atoms with Gasteiger partial charge in [0.15, 0.2) is 0 Å². The van der Waals surface area contributed by atoms with Crippen LogP contribution in [0.1, 0.15) is 36.5 Å². The van der Waals surface area contributed by atoms with E-state index >= 15 is 0 Å². The van der Waals surface area contributed by atoms with Gasteiger partial charge in [0.1, 0.15) is 5.56 Å². The minimum Gasteiger partial charge on any atom is -0.477 e. The second kappa shape index (κ2) is 8.98. The Balaban J connectivity index is 1.63. The molecule has 0 atom stereocenters. The molecule has 142 valence electrons. The molecule has 0 spiro atoms. The predicted octanol–water partition coefficient (Wildman–Crippen LogP) is 1.58. The van der Waals surface area contributed by atoms with Crippen LogP contribution in [0.15, 0.2) is 18.3 Å². The molecule has 0 aromatic carbocycles. The summed E-state index contributed by atoms with van der Waals surface area (Å²) < 4.78 is 10.8. The van der Waals surface area contributed by atoms with E-state index in [2.05, 4.69) is 4.98 Å². The largest absolute Gasteiger partial charge is 0.477 e. The van der Waals surface area contributed by atoms with Crippen molar-refractivity contribution >= 4 is 11.8 Å². The lowest BCUT2D eigenvalue weighted by Crippen LogP contribution is -2.41. The summed E-state index contributed by atoms with van der Waals surface area (Å²) >= 11 is 0. The smallest absolute Gasteiger partial charge is 0.259 e. The van der Waals surface area contributed by atoms with Crippen LogP contribution in [0.25, 0.3) is 0 Å². The highest BCUT2D eigenvalue weighted by molar-refractivity contribution is 5.96. The Morgan fingerprint density at radius 3 is 2.69 bits per heavy atom. The molecule has 0 N–H and O–H groups in total. The number of carbonyl (C=O) groups is 2. The molecule has 2 amide bonds. The molecule has 0 aliphatic carbocycles. The number of rotatable bonds is 4. The molecule has 0 saturated carbocycles. The molecule has 3 rings (SSSR count). The summed E-state index contributed by atoms with van der Waals surface area (Å²) in [6, 6.07) is 3.49. The standard InChI is InChI=1S/C19H27N3O4/c1-2-26-17-16(5-3-8-20-17)19(24)22-10-4-9-21(11-12-22)18(23)15-6-13-25-14-7-15/h3,5,8,15H,2,4,6-7,9-14H2,1H3. The van der Waals surface area contributed by atoms with Crippen molar-refractivity contribution < 1.29 is 19.1 Å². The highest BCUT2D eigenvalue weighted by Gasteiger charge is 2.29. The number of ether oxygens (including phenoxy) is 2. The molecule has 3 heterocycles. The zero-order valence-electron chi connectivity index (χ0n) is 15.4. The lowest BCUT2D eigenvalue weighted by Gasteiger charge is -2.28. The maximum Gasteiger partial charge on any atom is 0.259 e. The third-order valence-corrected chi connectivity index (χ3v) is 4.95. The number of hydrogen-bond acceptors (Lipinski definition) is 5. The maximum absolute atomic E-state index is 12.9. The van der Waals surface area contributed by atoms with Crippen LogP contribution in [0.2, 0.25) is 0 Å². The van der Waals surface area contributed by atoms with E-state index in [0.717, 1.165) is 19.3 Å². The van der Waals surface area contributed by atoms with Gasteiger partial charge in [-0.25, -0.2) is 4.98 Å². The summed E-state index contributed by atoms with van der Waals surface area (Å²) in [5, 5.41) is 0. The third kappa shape index (κ3) is 4.33. The second-order valence-corrected chi connectivity index (χ2v) is 6.65. The van der Waals surface area contributed by atoms with Crippen molar-refractivity contribution in [3.05, 3.63) is 23.9 Å². The van der Waals surface area contributed by atoms with Crippen LogP contribution < -0.4 is 4.74 Å². The first kappa shape index (κ1) is 18.6. The van der Waals surface area contributed by atoms with Crippen LogP contribution in [0.5, 0.6) is 5.88 Å². The fourth-order valence-corrected chi connectivity index (χ4v) is 3.52. The quantitative estimate of drug-likeness (QED) is 0.814. The first-order chi connectivity index (χ1) is 12.7. The van der Waals surface area contributed by atoms with E-state index in [4.69, 9.17) is 9.47 Å². The number of hydrogen-bond donors (Lipinski definition) is 0. The number of pyridine rings is 1. The van der Waals surface area contributed by atoms with Crippen LogP contribution >= 0.6 is 0 Å². The Labute approximate surface area is 154 Å². The van der Waals surface area contributed by atoms with Crippen LogP contribution in [0.4, 0.5) is 0 Å². The first-order valence-corrected chi connectivity index (χ1v) is 9.44. The van der Waals surface area contributed by atoms with Gasteiger partial charge < -0.3 is 19.3 Å². The van der Waals surface area contributed by atoms with E-state index in [-0.39, 0.29) is 17.7 Å². The topological polar surface area (TPSA) is 72.0 Å². The average Bonchev–Trinajstić information content (AvgIpc) is 2.94. The second-order valence-electron chi connectivity index (χ2n) is 6.65.